The maximum absolute atomic E-state index is 13.0. The Kier molecular flexibility index (Phi) is 2.76. The van der Waals surface area contributed by atoms with E-state index in [0.717, 1.165) is 5.56 Å². The molecule has 0 aliphatic carbocycles. The first-order valence-corrected chi connectivity index (χ1v) is 4.91. The van der Waals surface area contributed by atoms with Crippen LogP contribution in [-0.4, -0.2) is 9.78 Å². The Labute approximate surface area is 92.9 Å². The summed E-state index contributed by atoms with van der Waals surface area (Å²) in [5.41, 5.74) is 7.86. The molecule has 2 rings (SSSR count). The Morgan fingerprint density at radius 3 is 3.00 bits per heavy atom. The van der Waals surface area contributed by atoms with Gasteiger partial charge >= 0.3 is 0 Å². The molecule has 3 N–H and O–H groups in total. The highest BCUT2D eigenvalue weighted by Crippen LogP contribution is 2.19. The van der Waals surface area contributed by atoms with Crippen molar-refractivity contribution in [3.8, 4) is 0 Å². The van der Waals surface area contributed by atoms with Crippen molar-refractivity contribution in [2.24, 2.45) is 7.05 Å². The predicted molar refractivity (Wildman–Crippen MR) is 61.3 cm³/mol. The quantitative estimate of drug-likeness (QED) is 0.775. The Morgan fingerprint density at radius 2 is 2.31 bits per heavy atom. The average molecular weight is 220 g/mol. The average Bonchev–Trinajstić information content (AvgIpc) is 2.66. The molecule has 0 atom stereocenters. The van der Waals surface area contributed by atoms with Crippen LogP contribution < -0.4 is 11.1 Å². The molecule has 0 fully saturated rings. The van der Waals surface area contributed by atoms with Crippen molar-refractivity contribution < 1.29 is 4.39 Å². The van der Waals surface area contributed by atoms with Crippen LogP contribution in [0.1, 0.15) is 5.56 Å². The number of hydrogen-bond donors (Lipinski definition) is 2. The molecule has 0 bridgehead atoms. The monoisotopic (exact) mass is 220 g/mol. The van der Waals surface area contributed by atoms with Crippen molar-refractivity contribution in [2.75, 3.05) is 11.1 Å². The Bertz CT molecular complexity index is 492. The number of nitrogens with zero attached hydrogens (tertiary/aromatic N) is 2. The molecule has 0 saturated carbocycles. The lowest BCUT2D eigenvalue weighted by Crippen LogP contribution is -2.02. The van der Waals surface area contributed by atoms with E-state index in [1.165, 1.54) is 12.1 Å². The molecular formula is C11H13FN4. The largest absolute Gasteiger partial charge is 0.397 e. The number of nitrogens with one attached hydrogen (secondary N) is 1. The number of nitrogens with two attached hydrogens (primary N) is 1. The fourth-order valence-corrected chi connectivity index (χ4v) is 1.44. The molecule has 84 valence electrons. The SMILES string of the molecule is Cn1cc(CNc2cc(F)ccc2N)cn1. The van der Waals surface area contributed by atoms with Crippen molar-refractivity contribution in [3.05, 3.63) is 42.0 Å². The summed E-state index contributed by atoms with van der Waals surface area (Å²) in [6, 6.07) is 4.26. The molecule has 0 aliphatic rings. The van der Waals surface area contributed by atoms with Gasteiger partial charge in [0.25, 0.3) is 0 Å². The Morgan fingerprint density at radius 1 is 1.50 bits per heavy atom. The Balaban J connectivity index is 2.07. The van der Waals surface area contributed by atoms with Gasteiger partial charge in [-0.25, -0.2) is 4.39 Å². The summed E-state index contributed by atoms with van der Waals surface area (Å²) in [6.07, 6.45) is 3.64. The lowest BCUT2D eigenvalue weighted by molar-refractivity contribution is 0.628. The van der Waals surface area contributed by atoms with Crippen molar-refractivity contribution in [2.45, 2.75) is 6.54 Å². The van der Waals surface area contributed by atoms with Crippen LogP contribution in [0.25, 0.3) is 0 Å². The molecule has 0 aliphatic heterocycles. The number of aromatic nitrogens is 2. The number of aryl methyl sites for hydroxylation is 1. The van der Waals surface area contributed by atoms with Crippen LogP contribution in [0.2, 0.25) is 0 Å². The van der Waals surface area contributed by atoms with Gasteiger partial charge in [0.1, 0.15) is 5.82 Å². The van der Waals surface area contributed by atoms with E-state index < -0.39 is 0 Å². The summed E-state index contributed by atoms with van der Waals surface area (Å²) in [4.78, 5) is 0. The van der Waals surface area contributed by atoms with Gasteiger partial charge in [-0.3, -0.25) is 4.68 Å². The van der Waals surface area contributed by atoms with Crippen LogP contribution in [0.15, 0.2) is 30.6 Å². The van der Waals surface area contributed by atoms with Gasteiger partial charge in [-0.1, -0.05) is 0 Å². The highest BCUT2D eigenvalue weighted by Gasteiger charge is 2.01. The van der Waals surface area contributed by atoms with Crippen molar-refractivity contribution in [1.82, 2.24) is 9.78 Å². The van der Waals surface area contributed by atoms with E-state index >= 15 is 0 Å². The molecule has 0 unspecified atom stereocenters. The summed E-state index contributed by atoms with van der Waals surface area (Å²) in [6.45, 7) is 0.571. The van der Waals surface area contributed by atoms with Gasteiger partial charge in [0.05, 0.1) is 17.6 Å². The van der Waals surface area contributed by atoms with E-state index in [0.29, 0.717) is 17.9 Å². The van der Waals surface area contributed by atoms with Crippen LogP contribution in [0.4, 0.5) is 15.8 Å². The molecule has 1 aromatic carbocycles. The fourth-order valence-electron chi connectivity index (χ4n) is 1.44. The molecule has 4 nitrogen and oxygen atoms in total. The second-order valence-corrected chi connectivity index (χ2v) is 3.61. The number of halogens is 1. The van der Waals surface area contributed by atoms with E-state index in [4.69, 9.17) is 5.73 Å². The van der Waals surface area contributed by atoms with Crippen LogP contribution in [0.5, 0.6) is 0 Å². The first-order chi connectivity index (χ1) is 7.65. The van der Waals surface area contributed by atoms with Gasteiger partial charge in [0.15, 0.2) is 0 Å². The molecule has 0 radical (unpaired) electrons. The summed E-state index contributed by atoms with van der Waals surface area (Å²) >= 11 is 0. The summed E-state index contributed by atoms with van der Waals surface area (Å²) in [5, 5.41) is 7.11. The highest BCUT2D eigenvalue weighted by atomic mass is 19.1. The minimum Gasteiger partial charge on any atom is -0.397 e. The van der Waals surface area contributed by atoms with Gasteiger partial charge in [-0.15, -0.1) is 0 Å². The molecule has 0 saturated heterocycles. The molecule has 0 spiro atoms. The topological polar surface area (TPSA) is 55.9 Å². The number of nitrogen functional groups attached to an aromatic ring is 1. The minimum atomic E-state index is -0.303. The van der Waals surface area contributed by atoms with Gasteiger partial charge in [0.2, 0.25) is 0 Å². The van der Waals surface area contributed by atoms with Crippen molar-refractivity contribution in [3.63, 3.8) is 0 Å². The second kappa shape index (κ2) is 4.22. The van der Waals surface area contributed by atoms with E-state index in [-0.39, 0.29) is 5.82 Å². The van der Waals surface area contributed by atoms with E-state index in [2.05, 4.69) is 10.4 Å². The molecule has 2 aromatic rings. The molecule has 1 aromatic heterocycles. The normalized spacial score (nSPS) is 10.4. The van der Waals surface area contributed by atoms with Crippen LogP contribution >= 0.6 is 0 Å². The number of hydrogen-bond acceptors (Lipinski definition) is 3. The zero-order valence-electron chi connectivity index (χ0n) is 8.94. The number of rotatable bonds is 3. The lowest BCUT2D eigenvalue weighted by atomic mass is 10.2. The maximum Gasteiger partial charge on any atom is 0.125 e. The Hall–Kier alpha value is -2.04. The number of anilines is 2. The predicted octanol–water partition coefficient (Wildman–Crippen LogP) is 1.75. The first kappa shape index (κ1) is 10.5. The molecule has 0 amide bonds. The summed E-state index contributed by atoms with van der Waals surface area (Å²) in [7, 11) is 1.85. The smallest absolute Gasteiger partial charge is 0.125 e. The van der Waals surface area contributed by atoms with Gasteiger partial charge in [0, 0.05) is 25.4 Å². The van der Waals surface area contributed by atoms with E-state index in [1.54, 1.807) is 16.9 Å². The minimum absolute atomic E-state index is 0.303. The van der Waals surface area contributed by atoms with Crippen molar-refractivity contribution in [1.29, 1.82) is 0 Å². The zero-order valence-corrected chi connectivity index (χ0v) is 8.94. The summed E-state index contributed by atoms with van der Waals surface area (Å²) < 4.78 is 14.7. The molecule has 16 heavy (non-hydrogen) atoms. The summed E-state index contributed by atoms with van der Waals surface area (Å²) in [5.74, 6) is -0.303. The fraction of sp³-hybridized carbons (Fsp3) is 0.182. The van der Waals surface area contributed by atoms with Crippen molar-refractivity contribution >= 4 is 11.4 Å². The highest BCUT2D eigenvalue weighted by molar-refractivity contribution is 5.65. The van der Waals surface area contributed by atoms with Crippen LogP contribution in [-0.2, 0) is 13.6 Å². The molecular weight excluding hydrogens is 207 g/mol. The van der Waals surface area contributed by atoms with Gasteiger partial charge < -0.3 is 11.1 Å². The van der Waals surface area contributed by atoms with Crippen LogP contribution in [0.3, 0.4) is 0 Å². The van der Waals surface area contributed by atoms with E-state index in [1.807, 2.05) is 13.2 Å². The molecule has 5 heteroatoms. The maximum atomic E-state index is 13.0. The third-order valence-corrected chi connectivity index (χ3v) is 2.26. The lowest BCUT2D eigenvalue weighted by Gasteiger charge is -2.07. The van der Waals surface area contributed by atoms with E-state index in [9.17, 15) is 4.39 Å². The third-order valence-electron chi connectivity index (χ3n) is 2.26. The second-order valence-electron chi connectivity index (χ2n) is 3.61. The standard InChI is InChI=1S/C11H13FN4/c1-16-7-8(6-15-16)5-14-11-4-9(12)2-3-10(11)13/h2-4,6-7,14H,5,13H2,1H3. The van der Waals surface area contributed by atoms with Gasteiger partial charge in [-0.05, 0) is 18.2 Å². The van der Waals surface area contributed by atoms with Crippen LogP contribution in [0, 0.1) is 5.82 Å². The number of benzene rings is 1. The molecule has 1 heterocycles. The van der Waals surface area contributed by atoms with Gasteiger partial charge in [-0.2, -0.15) is 5.10 Å². The zero-order chi connectivity index (χ0) is 11.5. The first-order valence-electron chi connectivity index (χ1n) is 4.91. The third kappa shape index (κ3) is 2.31.